The summed E-state index contributed by atoms with van der Waals surface area (Å²) in [6, 6.07) is 2.17. The van der Waals surface area contributed by atoms with Gasteiger partial charge in [0.05, 0.1) is 11.8 Å². The predicted molar refractivity (Wildman–Crippen MR) is 132 cm³/mol. The van der Waals surface area contributed by atoms with Crippen molar-refractivity contribution in [3.63, 3.8) is 0 Å². The average molecular weight is 541 g/mol. The van der Waals surface area contributed by atoms with Gasteiger partial charge in [0.15, 0.2) is 17.4 Å². The van der Waals surface area contributed by atoms with E-state index in [2.05, 4.69) is 20.4 Å². The second-order valence-corrected chi connectivity index (χ2v) is 11.0. The first-order valence-electron chi connectivity index (χ1n) is 13.2. The molecule has 1 saturated carbocycles. The number of hydrogen-bond donors (Lipinski definition) is 1. The summed E-state index contributed by atoms with van der Waals surface area (Å²) in [4.78, 5) is 2.49. The third-order valence-electron chi connectivity index (χ3n) is 7.78. The first-order valence-corrected chi connectivity index (χ1v) is 13.2. The van der Waals surface area contributed by atoms with Crippen LogP contribution in [0.4, 0.5) is 27.8 Å². The molecule has 3 aliphatic rings. The van der Waals surface area contributed by atoms with Crippen LogP contribution in [-0.2, 0) is 10.9 Å². The van der Waals surface area contributed by atoms with Crippen LogP contribution in [-0.4, -0.2) is 60.1 Å². The number of anilines is 1. The first-order chi connectivity index (χ1) is 18.1. The van der Waals surface area contributed by atoms with E-state index in [1.807, 2.05) is 0 Å². The number of nitrogens with zero attached hydrogens (tertiary/aromatic N) is 3. The Balaban J connectivity index is 1.28. The van der Waals surface area contributed by atoms with Crippen molar-refractivity contribution in [2.75, 3.05) is 38.2 Å². The Morgan fingerprint density at radius 3 is 2.34 bits per heavy atom. The molecular formula is C27H33F5N4O2. The molecule has 0 bridgehead atoms. The third-order valence-corrected chi connectivity index (χ3v) is 7.78. The van der Waals surface area contributed by atoms with Crippen molar-refractivity contribution >= 4 is 5.82 Å². The van der Waals surface area contributed by atoms with E-state index in [1.54, 1.807) is 13.8 Å². The lowest BCUT2D eigenvalue weighted by molar-refractivity contribution is -0.137. The summed E-state index contributed by atoms with van der Waals surface area (Å²) in [7, 11) is 0. The molecule has 2 saturated heterocycles. The minimum absolute atomic E-state index is 0.155. The molecule has 2 aromatic rings. The number of benzene rings is 1. The van der Waals surface area contributed by atoms with Gasteiger partial charge in [-0.3, -0.25) is 0 Å². The zero-order valence-electron chi connectivity index (χ0n) is 21.5. The second kappa shape index (κ2) is 10.9. The summed E-state index contributed by atoms with van der Waals surface area (Å²) in [6.07, 6.45) is -1.48. The Hall–Kier alpha value is -2.53. The summed E-state index contributed by atoms with van der Waals surface area (Å²) in [6.45, 7) is 7.91. The summed E-state index contributed by atoms with van der Waals surface area (Å²) < 4.78 is 81.8. The summed E-state index contributed by atoms with van der Waals surface area (Å²) >= 11 is 0. The van der Waals surface area contributed by atoms with Crippen molar-refractivity contribution in [2.45, 2.75) is 57.9 Å². The van der Waals surface area contributed by atoms with Crippen LogP contribution < -0.4 is 10.1 Å². The molecule has 6 nitrogen and oxygen atoms in total. The molecular weight excluding hydrogens is 507 g/mol. The molecule has 208 valence electrons. The van der Waals surface area contributed by atoms with Gasteiger partial charge in [-0.15, -0.1) is 10.2 Å². The van der Waals surface area contributed by atoms with Crippen molar-refractivity contribution in [3.05, 3.63) is 35.4 Å². The number of aromatic nitrogens is 2. The quantitative estimate of drug-likeness (QED) is 0.450. The number of hydrogen-bond acceptors (Lipinski definition) is 6. The van der Waals surface area contributed by atoms with Gasteiger partial charge in [0.1, 0.15) is 11.4 Å². The van der Waals surface area contributed by atoms with E-state index in [9.17, 15) is 22.0 Å². The topological polar surface area (TPSA) is 59.5 Å². The summed E-state index contributed by atoms with van der Waals surface area (Å²) in [5, 5.41) is 10.6. The number of halogens is 5. The minimum Gasteiger partial charge on any atom is -0.488 e. The van der Waals surface area contributed by atoms with Crippen LogP contribution in [0.25, 0.3) is 11.3 Å². The van der Waals surface area contributed by atoms with Gasteiger partial charge in [-0.1, -0.05) is 0 Å². The molecule has 38 heavy (non-hydrogen) atoms. The molecule has 1 aromatic heterocycles. The van der Waals surface area contributed by atoms with Crippen molar-refractivity contribution in [1.82, 2.24) is 15.1 Å². The Bertz CT molecular complexity index is 1130. The van der Waals surface area contributed by atoms with Crippen LogP contribution in [0, 0.1) is 29.4 Å². The number of nitrogens with one attached hydrogen (secondary N) is 1. The van der Waals surface area contributed by atoms with Gasteiger partial charge >= 0.3 is 6.18 Å². The molecule has 3 heterocycles. The Morgan fingerprint density at radius 2 is 1.71 bits per heavy atom. The lowest BCUT2D eigenvalue weighted by atomic mass is 10.00. The van der Waals surface area contributed by atoms with E-state index < -0.39 is 40.7 Å². The molecule has 2 aliphatic heterocycles. The van der Waals surface area contributed by atoms with Gasteiger partial charge < -0.3 is 19.7 Å². The van der Waals surface area contributed by atoms with Gasteiger partial charge in [-0.2, -0.15) is 13.2 Å². The molecule has 1 aliphatic carbocycles. The normalized spacial score (nSPS) is 23.3. The number of alkyl halides is 3. The highest BCUT2D eigenvalue weighted by molar-refractivity contribution is 5.64. The second-order valence-electron chi connectivity index (χ2n) is 11.0. The molecule has 1 aromatic carbocycles. The van der Waals surface area contributed by atoms with Crippen molar-refractivity contribution in [1.29, 1.82) is 0 Å². The maximum absolute atomic E-state index is 14.7. The van der Waals surface area contributed by atoms with Crippen molar-refractivity contribution in [2.24, 2.45) is 17.8 Å². The van der Waals surface area contributed by atoms with E-state index in [1.165, 1.54) is 0 Å². The molecule has 5 rings (SSSR count). The maximum Gasteiger partial charge on any atom is 0.420 e. The molecule has 0 unspecified atom stereocenters. The maximum atomic E-state index is 14.7. The zero-order valence-corrected chi connectivity index (χ0v) is 21.5. The molecule has 0 spiro atoms. The Labute approximate surface area is 218 Å². The van der Waals surface area contributed by atoms with Crippen LogP contribution in [0.2, 0.25) is 0 Å². The average Bonchev–Trinajstić information content (AvgIpc) is 3.39. The molecule has 3 fully saturated rings. The van der Waals surface area contributed by atoms with Crippen LogP contribution in [0.1, 0.15) is 45.1 Å². The number of likely N-dealkylation sites (tertiary alicyclic amines) is 1. The molecule has 11 heteroatoms. The van der Waals surface area contributed by atoms with E-state index in [4.69, 9.17) is 9.47 Å². The first kappa shape index (κ1) is 27.1. The van der Waals surface area contributed by atoms with Crippen molar-refractivity contribution < 1.29 is 31.4 Å². The van der Waals surface area contributed by atoms with Gasteiger partial charge in [0, 0.05) is 50.5 Å². The smallest absolute Gasteiger partial charge is 0.420 e. The third kappa shape index (κ3) is 6.03. The molecule has 1 N–H and O–H groups in total. The number of fused-ring (bicyclic) bond motifs is 1. The predicted octanol–water partition coefficient (Wildman–Crippen LogP) is 5.78. The van der Waals surface area contributed by atoms with Gasteiger partial charge in [-0.05, 0) is 69.4 Å². The fourth-order valence-corrected chi connectivity index (χ4v) is 6.07. The lowest BCUT2D eigenvalue weighted by Gasteiger charge is -2.28. The van der Waals surface area contributed by atoms with Crippen LogP contribution in [0.15, 0.2) is 18.2 Å². The minimum atomic E-state index is -4.75. The van der Waals surface area contributed by atoms with Gasteiger partial charge in [0.25, 0.3) is 0 Å². The van der Waals surface area contributed by atoms with E-state index in [0.29, 0.717) is 17.8 Å². The monoisotopic (exact) mass is 540 g/mol. The Morgan fingerprint density at radius 1 is 1.03 bits per heavy atom. The fourth-order valence-electron chi connectivity index (χ4n) is 6.07. The molecule has 0 radical (unpaired) electrons. The SMILES string of the molecule is CC(C)Oc1cc(F)c(-c2cc(C(F)(F)F)c(NC3C[C@@H]4CN(CC5CCOCC5)C[C@H]4C3)nn2)cc1F. The fraction of sp³-hybridized carbons (Fsp3) is 0.630. The van der Waals surface area contributed by atoms with Gasteiger partial charge in [0.2, 0.25) is 0 Å². The number of ether oxygens (including phenoxy) is 2. The van der Waals surface area contributed by atoms with Crippen LogP contribution in [0.5, 0.6) is 5.75 Å². The summed E-state index contributed by atoms with van der Waals surface area (Å²) in [5.74, 6) is -1.03. The van der Waals surface area contributed by atoms with Gasteiger partial charge in [-0.25, -0.2) is 8.78 Å². The highest BCUT2D eigenvalue weighted by Crippen LogP contribution is 2.42. The Kier molecular flexibility index (Phi) is 7.77. The molecule has 2 atom stereocenters. The van der Waals surface area contributed by atoms with Crippen molar-refractivity contribution in [3.8, 4) is 17.0 Å². The zero-order chi connectivity index (χ0) is 27.0. The highest BCUT2D eigenvalue weighted by Gasteiger charge is 2.43. The lowest BCUT2D eigenvalue weighted by Crippen LogP contribution is -2.32. The van der Waals surface area contributed by atoms with E-state index in [0.717, 1.165) is 76.7 Å². The molecule has 0 amide bonds. The highest BCUT2D eigenvalue weighted by atomic mass is 19.4. The van der Waals surface area contributed by atoms with Crippen LogP contribution in [0.3, 0.4) is 0 Å². The van der Waals surface area contributed by atoms with E-state index >= 15 is 0 Å². The summed E-state index contributed by atoms with van der Waals surface area (Å²) in [5.41, 5.74) is -1.87. The number of rotatable bonds is 7. The largest absolute Gasteiger partial charge is 0.488 e. The van der Waals surface area contributed by atoms with E-state index in [-0.39, 0.29) is 17.6 Å². The van der Waals surface area contributed by atoms with Crippen LogP contribution >= 0.6 is 0 Å². The standard InChI is InChI=1S/C27H33F5N4O2/c1-15(2)38-25-11-22(28)20(9-23(25)29)24-10-21(27(30,31)32)26(35-34-24)33-19-7-17-13-36(14-18(17)8-19)12-16-3-5-37-6-4-16/h9-11,15-19H,3-8,12-14H2,1-2H3,(H,33,35)/t17-,18-/m1/s1.